The van der Waals surface area contributed by atoms with E-state index in [0.29, 0.717) is 17.8 Å². The maximum absolute atomic E-state index is 13.0. The zero-order chi connectivity index (χ0) is 27.5. The number of carbonyl (C=O) groups is 1. The number of halogens is 5. The highest BCUT2D eigenvalue weighted by molar-refractivity contribution is 6.36. The smallest absolute Gasteiger partial charge is 0.416 e. The van der Waals surface area contributed by atoms with Gasteiger partial charge in [-0.15, -0.1) is 0 Å². The van der Waals surface area contributed by atoms with Crippen molar-refractivity contribution in [3.8, 4) is 17.6 Å². The Bertz CT molecular complexity index is 1480. The molecule has 7 nitrogen and oxygen atoms in total. The number of ether oxygens (including phenoxy) is 1. The second kappa shape index (κ2) is 10.9. The molecule has 3 aromatic carbocycles. The fourth-order valence-electron chi connectivity index (χ4n) is 3.21. The lowest BCUT2D eigenvalue weighted by molar-refractivity contribution is -0.385. The number of nitro benzene ring substituents is 1. The molecule has 0 aliphatic heterocycles. The third kappa shape index (κ3) is 6.39. The van der Waals surface area contributed by atoms with Gasteiger partial charge in [-0.3, -0.25) is 14.9 Å². The van der Waals surface area contributed by atoms with E-state index in [1.165, 1.54) is 12.1 Å². The van der Waals surface area contributed by atoms with E-state index < -0.39 is 34.0 Å². The van der Waals surface area contributed by atoms with Gasteiger partial charge in [-0.05, 0) is 61.4 Å². The summed E-state index contributed by atoms with van der Waals surface area (Å²) in [7, 11) is 0. The first kappa shape index (κ1) is 27.5. The number of benzene rings is 3. The fourth-order valence-corrected chi connectivity index (χ4v) is 3.76. The van der Waals surface area contributed by atoms with Crippen molar-refractivity contribution in [2.75, 3.05) is 5.32 Å². The first-order chi connectivity index (χ1) is 17.3. The van der Waals surface area contributed by atoms with Gasteiger partial charge in [0.15, 0.2) is 5.75 Å². The van der Waals surface area contributed by atoms with Gasteiger partial charge in [0.2, 0.25) is 5.75 Å². The van der Waals surface area contributed by atoms with E-state index in [9.17, 15) is 33.3 Å². The number of anilines is 1. The van der Waals surface area contributed by atoms with Crippen LogP contribution < -0.4 is 10.1 Å². The number of rotatable bonds is 6. The molecule has 0 radical (unpaired) electrons. The van der Waals surface area contributed by atoms with Crippen LogP contribution in [0.4, 0.5) is 24.5 Å². The lowest BCUT2D eigenvalue weighted by Crippen LogP contribution is -2.14. The number of nitrogens with zero attached hydrogens (tertiary/aromatic N) is 2. The summed E-state index contributed by atoms with van der Waals surface area (Å²) in [6.07, 6.45) is -3.72. The van der Waals surface area contributed by atoms with Gasteiger partial charge in [0, 0.05) is 22.3 Å². The van der Waals surface area contributed by atoms with Crippen LogP contribution in [0, 0.1) is 35.3 Å². The van der Waals surface area contributed by atoms with Crippen molar-refractivity contribution in [1.82, 2.24) is 0 Å². The number of nitrogens with one attached hydrogen (secondary N) is 1. The first-order valence-electron chi connectivity index (χ1n) is 10.3. The predicted octanol–water partition coefficient (Wildman–Crippen LogP) is 7.88. The molecule has 0 aliphatic carbocycles. The van der Waals surface area contributed by atoms with Gasteiger partial charge in [-0.2, -0.15) is 18.4 Å². The second-order valence-corrected chi connectivity index (χ2v) is 8.56. The van der Waals surface area contributed by atoms with Crippen molar-refractivity contribution in [2.24, 2.45) is 0 Å². The molecule has 0 bridgehead atoms. The summed E-state index contributed by atoms with van der Waals surface area (Å²) in [6, 6.07) is 11.2. The van der Waals surface area contributed by atoms with Crippen LogP contribution in [0.25, 0.3) is 6.08 Å². The number of hydrogen-bond donors (Lipinski definition) is 1. The maximum Gasteiger partial charge on any atom is 0.416 e. The Balaban J connectivity index is 2.06. The Labute approximate surface area is 218 Å². The molecule has 12 heteroatoms. The minimum Gasteiger partial charge on any atom is -0.448 e. The number of alkyl halides is 3. The van der Waals surface area contributed by atoms with Crippen molar-refractivity contribution in [2.45, 2.75) is 20.0 Å². The van der Waals surface area contributed by atoms with Crippen molar-refractivity contribution in [3.63, 3.8) is 0 Å². The Morgan fingerprint density at radius 2 is 1.86 bits per heavy atom. The third-order valence-electron chi connectivity index (χ3n) is 5.25. The molecule has 0 fully saturated rings. The zero-order valence-corrected chi connectivity index (χ0v) is 20.6. The first-order valence-corrected chi connectivity index (χ1v) is 11.1. The Hall–Kier alpha value is -4.07. The standard InChI is InChI=1S/C25H16Cl2F3N3O4/c1-13-4-3-5-20(14(13)2)32-24(34)16(12-31)8-15-9-18(26)11-19(27)23(15)37-22-7-6-17(25(28,29)30)10-21(22)33(35)36/h3-11H,1-2H3,(H,32,34)/b16-8+. The Kier molecular flexibility index (Phi) is 8.11. The molecule has 1 amide bonds. The van der Waals surface area contributed by atoms with Crippen molar-refractivity contribution in [1.29, 1.82) is 5.26 Å². The number of nitriles is 1. The van der Waals surface area contributed by atoms with Gasteiger partial charge in [0.1, 0.15) is 11.6 Å². The van der Waals surface area contributed by atoms with E-state index in [1.54, 1.807) is 25.1 Å². The quantitative estimate of drug-likeness (QED) is 0.146. The summed E-state index contributed by atoms with van der Waals surface area (Å²) in [6.45, 7) is 3.64. The van der Waals surface area contributed by atoms with Gasteiger partial charge in [-0.25, -0.2) is 0 Å². The lowest BCUT2D eigenvalue weighted by atomic mass is 10.1. The topological polar surface area (TPSA) is 105 Å². The molecule has 0 saturated heterocycles. The van der Waals surface area contributed by atoms with Crippen molar-refractivity contribution >= 4 is 46.6 Å². The number of aryl methyl sites for hydroxylation is 1. The highest BCUT2D eigenvalue weighted by Crippen LogP contribution is 2.42. The van der Waals surface area contributed by atoms with Crippen LogP contribution in [-0.2, 0) is 11.0 Å². The van der Waals surface area contributed by atoms with E-state index in [-0.39, 0.29) is 26.9 Å². The summed E-state index contributed by atoms with van der Waals surface area (Å²) < 4.78 is 44.7. The van der Waals surface area contributed by atoms with E-state index in [2.05, 4.69) is 5.32 Å². The van der Waals surface area contributed by atoms with E-state index in [0.717, 1.165) is 23.3 Å². The van der Waals surface area contributed by atoms with Crippen LogP contribution in [-0.4, -0.2) is 10.8 Å². The molecular weight excluding hydrogens is 534 g/mol. The van der Waals surface area contributed by atoms with Gasteiger partial charge >= 0.3 is 11.9 Å². The van der Waals surface area contributed by atoms with Crippen LogP contribution in [0.15, 0.2) is 54.1 Å². The minimum absolute atomic E-state index is 0.0145. The molecule has 0 unspecified atom stereocenters. The zero-order valence-electron chi connectivity index (χ0n) is 19.1. The van der Waals surface area contributed by atoms with Crippen LogP contribution >= 0.6 is 23.2 Å². The lowest BCUT2D eigenvalue weighted by Gasteiger charge is -2.14. The molecule has 0 aromatic heterocycles. The highest BCUT2D eigenvalue weighted by atomic mass is 35.5. The average molecular weight is 550 g/mol. The van der Waals surface area contributed by atoms with E-state index >= 15 is 0 Å². The largest absolute Gasteiger partial charge is 0.448 e. The molecule has 0 aliphatic rings. The van der Waals surface area contributed by atoms with Gasteiger partial charge in [0.05, 0.1) is 15.5 Å². The van der Waals surface area contributed by atoms with Crippen LogP contribution in [0.1, 0.15) is 22.3 Å². The van der Waals surface area contributed by atoms with Gasteiger partial charge < -0.3 is 10.1 Å². The average Bonchev–Trinajstić information content (AvgIpc) is 2.81. The normalized spacial score (nSPS) is 11.6. The maximum atomic E-state index is 13.0. The number of amides is 1. The molecule has 0 saturated carbocycles. The molecule has 0 spiro atoms. The molecule has 37 heavy (non-hydrogen) atoms. The van der Waals surface area contributed by atoms with Crippen LogP contribution in [0.5, 0.6) is 11.5 Å². The van der Waals surface area contributed by atoms with Crippen molar-refractivity contribution < 1.29 is 27.6 Å². The predicted molar refractivity (Wildman–Crippen MR) is 133 cm³/mol. The SMILES string of the molecule is Cc1cccc(NC(=O)/C(C#N)=C/c2cc(Cl)cc(Cl)c2Oc2ccc(C(F)(F)F)cc2[N+](=O)[O-])c1C. The van der Waals surface area contributed by atoms with E-state index in [4.69, 9.17) is 27.9 Å². The fraction of sp³-hybridized carbons (Fsp3) is 0.120. The monoisotopic (exact) mass is 549 g/mol. The molecule has 1 N–H and O–H groups in total. The Morgan fingerprint density at radius 3 is 2.49 bits per heavy atom. The molecule has 0 atom stereocenters. The molecule has 0 heterocycles. The summed E-state index contributed by atoms with van der Waals surface area (Å²) >= 11 is 12.3. The summed E-state index contributed by atoms with van der Waals surface area (Å²) in [5.41, 5.74) is -0.432. The van der Waals surface area contributed by atoms with Crippen LogP contribution in [0.2, 0.25) is 10.0 Å². The molecular formula is C25H16Cl2F3N3O4. The number of carbonyl (C=O) groups excluding carboxylic acids is 1. The van der Waals surface area contributed by atoms with Crippen LogP contribution in [0.3, 0.4) is 0 Å². The molecule has 3 aromatic rings. The minimum atomic E-state index is -4.82. The summed E-state index contributed by atoms with van der Waals surface area (Å²) in [4.78, 5) is 23.2. The summed E-state index contributed by atoms with van der Waals surface area (Å²) in [5.74, 6) is -1.57. The van der Waals surface area contributed by atoms with Gasteiger partial charge in [0.25, 0.3) is 5.91 Å². The Morgan fingerprint density at radius 1 is 1.16 bits per heavy atom. The molecule has 190 valence electrons. The third-order valence-corrected chi connectivity index (χ3v) is 5.75. The number of nitro groups is 1. The molecule has 3 rings (SSSR count). The second-order valence-electron chi connectivity index (χ2n) is 7.72. The number of hydrogen-bond acceptors (Lipinski definition) is 5. The van der Waals surface area contributed by atoms with Crippen molar-refractivity contribution in [3.05, 3.63) is 96.5 Å². The summed E-state index contributed by atoms with van der Waals surface area (Å²) in [5, 5.41) is 23.6. The van der Waals surface area contributed by atoms with Gasteiger partial charge in [-0.1, -0.05) is 35.3 Å². The van der Waals surface area contributed by atoms with E-state index in [1.807, 2.05) is 13.0 Å². The highest BCUT2D eigenvalue weighted by Gasteiger charge is 2.33.